The first-order valence-electron chi connectivity index (χ1n) is 4.94. The Bertz CT molecular complexity index is 338. The van der Waals surface area contributed by atoms with E-state index in [0.29, 0.717) is 23.8 Å². The van der Waals surface area contributed by atoms with Gasteiger partial charge in [-0.15, -0.1) is 0 Å². The topological polar surface area (TPSA) is 38.0 Å². The number of benzene rings is 1. The van der Waals surface area contributed by atoms with Crippen LogP contribution < -0.4 is 11.1 Å². The lowest BCUT2D eigenvalue weighted by atomic mass is 10.2. The van der Waals surface area contributed by atoms with Crippen molar-refractivity contribution in [3.8, 4) is 0 Å². The predicted octanol–water partition coefficient (Wildman–Crippen LogP) is 1.91. The van der Waals surface area contributed by atoms with Gasteiger partial charge < -0.3 is 11.1 Å². The Morgan fingerprint density at radius 3 is 2.86 bits per heavy atom. The molecule has 0 bridgehead atoms. The van der Waals surface area contributed by atoms with Crippen molar-refractivity contribution in [2.45, 2.75) is 25.9 Å². The van der Waals surface area contributed by atoms with E-state index in [0.717, 1.165) is 5.92 Å². The molecule has 0 heterocycles. The average Bonchev–Trinajstić information content (AvgIpc) is 2.80. The number of halogens is 1. The van der Waals surface area contributed by atoms with Crippen LogP contribution in [0.15, 0.2) is 18.2 Å². The second-order valence-corrected chi connectivity index (χ2v) is 4.05. The highest BCUT2D eigenvalue weighted by atomic mass is 19.1. The molecule has 3 heteroatoms. The summed E-state index contributed by atoms with van der Waals surface area (Å²) in [7, 11) is 0. The molecule has 1 saturated carbocycles. The molecule has 0 aliphatic heterocycles. The lowest BCUT2D eigenvalue weighted by Gasteiger charge is -2.05. The molecule has 0 spiro atoms. The SMILES string of the molecule is CC1CC1NCc1ccc(N)cc1F. The van der Waals surface area contributed by atoms with Gasteiger partial charge in [-0.2, -0.15) is 0 Å². The molecular formula is C11H15FN2. The van der Waals surface area contributed by atoms with Crippen LogP contribution in [0, 0.1) is 11.7 Å². The molecule has 0 aromatic heterocycles. The van der Waals surface area contributed by atoms with E-state index in [2.05, 4.69) is 12.2 Å². The number of nitrogens with one attached hydrogen (secondary N) is 1. The third kappa shape index (κ3) is 2.04. The first-order valence-corrected chi connectivity index (χ1v) is 4.94. The Morgan fingerprint density at radius 2 is 2.29 bits per heavy atom. The molecule has 3 N–H and O–H groups in total. The number of nitrogens with two attached hydrogens (primary N) is 1. The molecule has 1 aromatic carbocycles. The Balaban J connectivity index is 1.95. The summed E-state index contributed by atoms with van der Waals surface area (Å²) < 4.78 is 13.3. The van der Waals surface area contributed by atoms with Gasteiger partial charge in [0.1, 0.15) is 5.82 Å². The normalized spacial score (nSPS) is 25.0. The van der Waals surface area contributed by atoms with Crippen LogP contribution in [0.2, 0.25) is 0 Å². The molecule has 1 aromatic rings. The summed E-state index contributed by atoms with van der Waals surface area (Å²) >= 11 is 0. The highest BCUT2D eigenvalue weighted by Gasteiger charge is 2.31. The van der Waals surface area contributed by atoms with E-state index in [-0.39, 0.29) is 5.82 Å². The molecule has 76 valence electrons. The largest absolute Gasteiger partial charge is 0.399 e. The predicted molar refractivity (Wildman–Crippen MR) is 55.2 cm³/mol. The fraction of sp³-hybridized carbons (Fsp3) is 0.455. The summed E-state index contributed by atoms with van der Waals surface area (Å²) in [4.78, 5) is 0. The minimum absolute atomic E-state index is 0.217. The van der Waals surface area contributed by atoms with Gasteiger partial charge in [-0.3, -0.25) is 0 Å². The van der Waals surface area contributed by atoms with Gasteiger partial charge in [0, 0.05) is 23.8 Å². The zero-order chi connectivity index (χ0) is 10.1. The minimum atomic E-state index is -0.217. The summed E-state index contributed by atoms with van der Waals surface area (Å²) in [6.45, 7) is 2.79. The summed E-state index contributed by atoms with van der Waals surface area (Å²) in [5, 5.41) is 3.30. The molecule has 0 radical (unpaired) electrons. The van der Waals surface area contributed by atoms with Crippen molar-refractivity contribution in [2.75, 3.05) is 5.73 Å². The van der Waals surface area contributed by atoms with Crippen LogP contribution in [0.25, 0.3) is 0 Å². The maximum absolute atomic E-state index is 13.3. The van der Waals surface area contributed by atoms with E-state index in [1.54, 1.807) is 12.1 Å². The van der Waals surface area contributed by atoms with Crippen LogP contribution in [0.4, 0.5) is 10.1 Å². The van der Waals surface area contributed by atoms with Gasteiger partial charge >= 0.3 is 0 Å². The minimum Gasteiger partial charge on any atom is -0.399 e. The Hall–Kier alpha value is -1.09. The molecular weight excluding hydrogens is 179 g/mol. The van der Waals surface area contributed by atoms with Gasteiger partial charge in [-0.05, 0) is 24.5 Å². The monoisotopic (exact) mass is 194 g/mol. The van der Waals surface area contributed by atoms with E-state index < -0.39 is 0 Å². The highest BCUT2D eigenvalue weighted by Crippen LogP contribution is 2.29. The van der Waals surface area contributed by atoms with E-state index in [4.69, 9.17) is 5.73 Å². The van der Waals surface area contributed by atoms with Crippen LogP contribution >= 0.6 is 0 Å². The fourth-order valence-corrected chi connectivity index (χ4v) is 1.55. The molecule has 1 fully saturated rings. The van der Waals surface area contributed by atoms with E-state index in [1.165, 1.54) is 12.5 Å². The van der Waals surface area contributed by atoms with E-state index >= 15 is 0 Å². The Morgan fingerprint density at radius 1 is 1.57 bits per heavy atom. The van der Waals surface area contributed by atoms with Gasteiger partial charge in [-0.1, -0.05) is 13.0 Å². The van der Waals surface area contributed by atoms with Crippen molar-refractivity contribution in [1.82, 2.24) is 5.32 Å². The first-order chi connectivity index (χ1) is 6.66. The maximum Gasteiger partial charge on any atom is 0.129 e. The van der Waals surface area contributed by atoms with Crippen LogP contribution in [-0.2, 0) is 6.54 Å². The Labute approximate surface area is 83.3 Å². The van der Waals surface area contributed by atoms with Crippen LogP contribution in [-0.4, -0.2) is 6.04 Å². The summed E-state index contributed by atoms with van der Waals surface area (Å²) in [6.07, 6.45) is 1.20. The van der Waals surface area contributed by atoms with Crippen molar-refractivity contribution in [3.05, 3.63) is 29.6 Å². The summed E-state index contributed by atoms with van der Waals surface area (Å²) in [6, 6.07) is 5.42. The van der Waals surface area contributed by atoms with Gasteiger partial charge in [0.2, 0.25) is 0 Å². The third-order valence-electron chi connectivity index (χ3n) is 2.74. The lowest BCUT2D eigenvalue weighted by molar-refractivity contribution is 0.580. The van der Waals surface area contributed by atoms with Gasteiger partial charge in [0.25, 0.3) is 0 Å². The second kappa shape index (κ2) is 3.58. The maximum atomic E-state index is 13.3. The molecule has 14 heavy (non-hydrogen) atoms. The van der Waals surface area contributed by atoms with E-state index in [1.807, 2.05) is 0 Å². The zero-order valence-electron chi connectivity index (χ0n) is 8.26. The zero-order valence-corrected chi connectivity index (χ0v) is 8.26. The first kappa shape index (κ1) is 9.46. The van der Waals surface area contributed by atoms with Crippen molar-refractivity contribution in [3.63, 3.8) is 0 Å². The molecule has 2 nitrogen and oxygen atoms in total. The van der Waals surface area contributed by atoms with Crippen molar-refractivity contribution in [2.24, 2.45) is 5.92 Å². The number of anilines is 1. The molecule has 1 aliphatic carbocycles. The van der Waals surface area contributed by atoms with Crippen LogP contribution in [0.5, 0.6) is 0 Å². The molecule has 1 aliphatic rings. The smallest absolute Gasteiger partial charge is 0.129 e. The molecule has 2 unspecified atom stereocenters. The third-order valence-corrected chi connectivity index (χ3v) is 2.74. The number of nitrogen functional groups attached to an aromatic ring is 1. The number of hydrogen-bond donors (Lipinski definition) is 2. The average molecular weight is 194 g/mol. The van der Waals surface area contributed by atoms with Gasteiger partial charge in [0.15, 0.2) is 0 Å². The van der Waals surface area contributed by atoms with Crippen LogP contribution in [0.3, 0.4) is 0 Å². The fourth-order valence-electron chi connectivity index (χ4n) is 1.55. The van der Waals surface area contributed by atoms with Gasteiger partial charge in [-0.25, -0.2) is 4.39 Å². The molecule has 0 amide bonds. The highest BCUT2D eigenvalue weighted by molar-refractivity contribution is 5.40. The second-order valence-electron chi connectivity index (χ2n) is 4.05. The molecule has 2 atom stereocenters. The van der Waals surface area contributed by atoms with Crippen molar-refractivity contribution in [1.29, 1.82) is 0 Å². The summed E-state index contributed by atoms with van der Waals surface area (Å²) in [5.74, 6) is 0.526. The summed E-state index contributed by atoms with van der Waals surface area (Å²) in [5.41, 5.74) is 6.63. The Kier molecular flexibility index (Phi) is 2.42. The quantitative estimate of drug-likeness (QED) is 0.721. The molecule has 2 rings (SSSR count). The number of hydrogen-bond acceptors (Lipinski definition) is 2. The van der Waals surface area contributed by atoms with Crippen LogP contribution in [0.1, 0.15) is 18.9 Å². The van der Waals surface area contributed by atoms with Crippen molar-refractivity contribution >= 4 is 5.69 Å². The van der Waals surface area contributed by atoms with Crippen molar-refractivity contribution < 1.29 is 4.39 Å². The number of rotatable bonds is 3. The molecule has 0 saturated heterocycles. The van der Waals surface area contributed by atoms with E-state index in [9.17, 15) is 4.39 Å². The van der Waals surface area contributed by atoms with Gasteiger partial charge in [0.05, 0.1) is 0 Å². The standard InChI is InChI=1S/C11H15FN2/c1-7-4-11(7)14-6-8-2-3-9(13)5-10(8)12/h2-3,5,7,11,14H,4,6,13H2,1H3. The lowest BCUT2D eigenvalue weighted by Crippen LogP contribution is -2.17.